The van der Waals surface area contributed by atoms with Crippen LogP contribution in [0.25, 0.3) is 10.9 Å². The van der Waals surface area contributed by atoms with Crippen LogP contribution in [0.3, 0.4) is 0 Å². The minimum absolute atomic E-state index is 0.0243. The molecule has 5 nitrogen and oxygen atoms in total. The van der Waals surface area contributed by atoms with Crippen molar-refractivity contribution >= 4 is 51.1 Å². The van der Waals surface area contributed by atoms with Crippen molar-refractivity contribution in [1.29, 1.82) is 0 Å². The van der Waals surface area contributed by atoms with Gasteiger partial charge in [-0.3, -0.25) is 4.79 Å². The number of hydrogen-bond donors (Lipinski definition) is 0. The van der Waals surface area contributed by atoms with E-state index < -0.39 is 11.2 Å². The second-order valence-electron chi connectivity index (χ2n) is 6.51. The number of rotatable bonds is 5. The van der Waals surface area contributed by atoms with E-state index in [1.807, 2.05) is 0 Å². The van der Waals surface area contributed by atoms with E-state index in [2.05, 4.69) is 16.1 Å². The van der Waals surface area contributed by atoms with Gasteiger partial charge in [-0.1, -0.05) is 48.1 Å². The van der Waals surface area contributed by atoms with Crippen LogP contribution in [0, 0.1) is 25.2 Å². The molecule has 1 atom stereocenters. The van der Waals surface area contributed by atoms with Gasteiger partial charge in [-0.2, -0.15) is 4.98 Å². The van der Waals surface area contributed by atoms with Crippen molar-refractivity contribution in [2.24, 2.45) is 5.92 Å². The van der Waals surface area contributed by atoms with E-state index in [0.29, 0.717) is 32.9 Å². The molecule has 0 aliphatic rings. The highest BCUT2D eigenvalue weighted by Crippen LogP contribution is 2.38. The molecule has 1 unspecified atom stereocenters. The Hall–Kier alpha value is -2.04. The molecule has 3 aromatic rings. The predicted octanol–water partition coefficient (Wildman–Crippen LogP) is 4.97. The molecule has 3 rings (SSSR count). The van der Waals surface area contributed by atoms with Crippen LogP contribution in [0.5, 0.6) is 0 Å². The van der Waals surface area contributed by atoms with Crippen molar-refractivity contribution in [3.05, 3.63) is 50.8 Å². The van der Waals surface area contributed by atoms with Gasteiger partial charge in [0.25, 0.3) is 5.03 Å². The third-order valence-corrected chi connectivity index (χ3v) is 6.07. The molecule has 2 aromatic heterocycles. The van der Waals surface area contributed by atoms with E-state index in [0.717, 1.165) is 0 Å². The Kier molecular flexibility index (Phi) is 6.01. The normalized spacial score (nSPS) is 12.4. The average molecular weight is 435 g/mol. The molecule has 8 heteroatoms. The molecule has 0 N–H and O–H groups in total. The summed E-state index contributed by atoms with van der Waals surface area (Å²) < 4.78 is 18.1. The number of fused-ring (bicyclic) bond motifs is 1. The minimum Gasteiger partial charge on any atom is -0.610 e. The van der Waals surface area contributed by atoms with Crippen molar-refractivity contribution in [1.82, 2.24) is 10.1 Å². The fraction of sp³-hybridized carbons (Fsp3) is 0.250. The van der Waals surface area contributed by atoms with Gasteiger partial charge in [0, 0.05) is 28.5 Å². The lowest BCUT2D eigenvalue weighted by Gasteiger charge is -2.17. The number of carbonyl (C=O) groups is 1. The quantitative estimate of drug-likeness (QED) is 0.321. The van der Waals surface area contributed by atoms with E-state index >= 15 is 0 Å². The van der Waals surface area contributed by atoms with Crippen LogP contribution in [0.15, 0.2) is 27.7 Å². The molecule has 1 aromatic carbocycles. The number of halogens is 2. The maximum Gasteiger partial charge on any atom is 0.258 e. The number of Topliss-reactive ketones (excluding diaryl/α,β-unsaturated/α-hetero) is 1. The molecule has 0 aliphatic heterocycles. The van der Waals surface area contributed by atoms with Gasteiger partial charge >= 0.3 is 0 Å². The first kappa shape index (κ1) is 20.7. The topological polar surface area (TPSA) is 79.0 Å². The largest absolute Gasteiger partial charge is 0.610 e. The number of hydrogen-bond acceptors (Lipinski definition) is 5. The summed E-state index contributed by atoms with van der Waals surface area (Å²) >= 11 is 11.2. The van der Waals surface area contributed by atoms with Gasteiger partial charge in [0.05, 0.1) is 21.1 Å². The van der Waals surface area contributed by atoms with Gasteiger partial charge in [0.2, 0.25) is 0 Å². The van der Waals surface area contributed by atoms with Crippen LogP contribution >= 0.6 is 23.2 Å². The van der Waals surface area contributed by atoms with E-state index in [4.69, 9.17) is 34.1 Å². The zero-order chi connectivity index (χ0) is 20.6. The molecule has 28 heavy (non-hydrogen) atoms. The Bertz CT molecular complexity index is 1120. The van der Waals surface area contributed by atoms with E-state index in [1.54, 1.807) is 39.0 Å². The summed E-state index contributed by atoms with van der Waals surface area (Å²) in [6.45, 7) is 5.20. The molecule has 144 valence electrons. The second-order valence-corrected chi connectivity index (χ2v) is 8.66. The lowest BCUT2D eigenvalue weighted by molar-refractivity contribution is 0.0935. The molecule has 0 radical (unpaired) electrons. The van der Waals surface area contributed by atoms with Crippen LogP contribution in [-0.2, 0) is 16.9 Å². The highest BCUT2D eigenvalue weighted by Gasteiger charge is 2.31. The highest BCUT2D eigenvalue weighted by atomic mass is 35.5. The van der Waals surface area contributed by atoms with E-state index in [9.17, 15) is 9.35 Å². The summed E-state index contributed by atoms with van der Waals surface area (Å²) in [6, 6.07) is 4.91. The fourth-order valence-corrected chi connectivity index (χ4v) is 4.63. The first-order chi connectivity index (χ1) is 13.2. The summed E-state index contributed by atoms with van der Waals surface area (Å²) in [7, 11) is 0. The van der Waals surface area contributed by atoms with Crippen LogP contribution in [0.1, 0.15) is 41.2 Å². The van der Waals surface area contributed by atoms with Gasteiger partial charge in [0.15, 0.2) is 11.5 Å². The summed E-state index contributed by atoms with van der Waals surface area (Å²) in [5.74, 6) is 2.49. The number of nitrogens with zero attached hydrogens (tertiary/aromatic N) is 2. The monoisotopic (exact) mass is 434 g/mol. The minimum atomic E-state index is -1.70. The zero-order valence-corrected chi connectivity index (χ0v) is 17.7. The van der Waals surface area contributed by atoms with Crippen LogP contribution in [0.4, 0.5) is 0 Å². The molecular weight excluding hydrogens is 419 g/mol. The number of pyridine rings is 1. The molecule has 0 spiro atoms. The molecule has 0 bridgehead atoms. The Balaban J connectivity index is 2.28. The molecule has 0 amide bonds. The van der Waals surface area contributed by atoms with Crippen LogP contribution in [0.2, 0.25) is 10.0 Å². The SMILES string of the molecule is C#Cc1ccc(Cl)c2c(Cl)c(C(=O)C(C)C)c([S+]([O-])Cc3cc(C)on3)nc12. The zero-order valence-electron chi connectivity index (χ0n) is 15.4. The third-order valence-electron chi connectivity index (χ3n) is 4.09. The van der Waals surface area contributed by atoms with Gasteiger partial charge in [-0.05, 0) is 19.1 Å². The van der Waals surface area contributed by atoms with E-state index in [-0.39, 0.29) is 33.1 Å². The first-order valence-electron chi connectivity index (χ1n) is 8.37. The fourth-order valence-electron chi connectivity index (χ4n) is 2.74. The number of aryl methyl sites for hydroxylation is 1. The number of terminal acetylenes is 1. The predicted molar refractivity (Wildman–Crippen MR) is 110 cm³/mol. The lowest BCUT2D eigenvalue weighted by Crippen LogP contribution is -2.18. The van der Waals surface area contributed by atoms with Crippen molar-refractivity contribution in [2.75, 3.05) is 0 Å². The van der Waals surface area contributed by atoms with Crippen molar-refractivity contribution < 1.29 is 13.9 Å². The van der Waals surface area contributed by atoms with Crippen molar-refractivity contribution in [3.8, 4) is 12.3 Å². The second kappa shape index (κ2) is 8.14. The van der Waals surface area contributed by atoms with Crippen LogP contribution < -0.4 is 0 Å². The molecular formula is C20H16Cl2N2O3S. The molecule has 0 fully saturated rings. The van der Waals surface area contributed by atoms with Gasteiger partial charge < -0.3 is 9.08 Å². The Morgan fingerprint density at radius 3 is 2.68 bits per heavy atom. The molecule has 0 saturated carbocycles. The number of aromatic nitrogens is 2. The Morgan fingerprint density at radius 1 is 1.39 bits per heavy atom. The summed E-state index contributed by atoms with van der Waals surface area (Å²) in [6.07, 6.45) is 5.57. The maximum atomic E-state index is 13.1. The summed E-state index contributed by atoms with van der Waals surface area (Å²) in [5.41, 5.74) is 1.36. The highest BCUT2D eigenvalue weighted by molar-refractivity contribution is 7.90. The Labute approximate surface area is 175 Å². The van der Waals surface area contributed by atoms with Crippen LogP contribution in [-0.4, -0.2) is 20.5 Å². The third kappa shape index (κ3) is 3.76. The van der Waals surface area contributed by atoms with Gasteiger partial charge in [0.1, 0.15) is 17.0 Å². The summed E-state index contributed by atoms with van der Waals surface area (Å²) in [4.78, 5) is 17.4. The Morgan fingerprint density at radius 2 is 2.11 bits per heavy atom. The molecule has 0 saturated heterocycles. The van der Waals surface area contributed by atoms with Gasteiger partial charge in [-0.25, -0.2) is 0 Å². The number of ketones is 1. The smallest absolute Gasteiger partial charge is 0.258 e. The van der Waals surface area contributed by atoms with Gasteiger partial charge in [-0.15, -0.1) is 6.42 Å². The standard InChI is InChI=1S/C20H16Cl2N2O3S/c1-5-12-6-7-14(21)15-17(22)16(19(25)10(2)3)20(23-18(12)15)28(26)9-13-8-11(4)27-24-13/h1,6-8,10H,9H2,2-4H3. The van der Waals surface area contributed by atoms with E-state index in [1.165, 1.54) is 0 Å². The van der Waals surface area contributed by atoms with Crippen molar-refractivity contribution in [3.63, 3.8) is 0 Å². The average Bonchev–Trinajstić information content (AvgIpc) is 3.05. The molecule has 0 aliphatic carbocycles. The lowest BCUT2D eigenvalue weighted by atomic mass is 10.00. The molecule has 2 heterocycles. The first-order valence-corrected chi connectivity index (χ1v) is 10.4. The summed E-state index contributed by atoms with van der Waals surface area (Å²) in [5, 5.41) is 4.71. The van der Waals surface area contributed by atoms with Crippen molar-refractivity contribution in [2.45, 2.75) is 31.6 Å². The number of carbonyl (C=O) groups excluding carboxylic acids is 1. The maximum absolute atomic E-state index is 13.1. The number of benzene rings is 1.